The Hall–Kier alpha value is -1.78. The first kappa shape index (κ1) is 11.3. The van der Waals surface area contributed by atoms with Crippen molar-refractivity contribution >= 4 is 0 Å². The first-order valence-electron chi connectivity index (χ1n) is 5.97. The molecule has 0 atom stereocenters. The van der Waals surface area contributed by atoms with Crippen molar-refractivity contribution in [2.75, 3.05) is 13.2 Å². The molecule has 1 aliphatic rings. The number of aromatic nitrogens is 2. The zero-order valence-corrected chi connectivity index (χ0v) is 10.2. The van der Waals surface area contributed by atoms with Crippen molar-refractivity contribution in [1.82, 2.24) is 9.97 Å². The quantitative estimate of drug-likeness (QED) is 0.811. The van der Waals surface area contributed by atoms with E-state index in [9.17, 15) is 0 Å². The van der Waals surface area contributed by atoms with Crippen molar-refractivity contribution in [2.45, 2.75) is 13.2 Å². The summed E-state index contributed by atoms with van der Waals surface area (Å²) in [6.07, 6.45) is 1.48. The van der Waals surface area contributed by atoms with Gasteiger partial charge in [0.2, 0.25) is 0 Å². The summed E-state index contributed by atoms with van der Waals surface area (Å²) < 4.78 is 10.9. The van der Waals surface area contributed by atoms with Crippen molar-refractivity contribution in [2.24, 2.45) is 0 Å². The molecule has 0 saturated carbocycles. The van der Waals surface area contributed by atoms with Crippen molar-refractivity contribution in [1.29, 1.82) is 0 Å². The second-order valence-corrected chi connectivity index (χ2v) is 4.17. The minimum atomic E-state index is -0.310. The van der Waals surface area contributed by atoms with Crippen LogP contribution >= 0.6 is 0 Å². The van der Waals surface area contributed by atoms with Crippen LogP contribution in [-0.4, -0.2) is 23.2 Å². The van der Waals surface area contributed by atoms with Gasteiger partial charge in [-0.2, -0.15) is 0 Å². The predicted molar refractivity (Wildman–Crippen MR) is 66.9 cm³/mol. The van der Waals surface area contributed by atoms with E-state index in [0.717, 1.165) is 22.6 Å². The zero-order valence-electron chi connectivity index (χ0n) is 10.2. The molecule has 4 nitrogen and oxygen atoms in total. The van der Waals surface area contributed by atoms with Gasteiger partial charge in [0.15, 0.2) is 12.1 Å². The van der Waals surface area contributed by atoms with E-state index in [-0.39, 0.29) is 6.29 Å². The monoisotopic (exact) mass is 242 g/mol. The van der Waals surface area contributed by atoms with E-state index in [1.165, 1.54) is 0 Å². The van der Waals surface area contributed by atoms with E-state index in [1.807, 2.05) is 37.3 Å². The summed E-state index contributed by atoms with van der Waals surface area (Å²) >= 11 is 0. The van der Waals surface area contributed by atoms with Gasteiger partial charge in [0.05, 0.1) is 13.2 Å². The molecule has 92 valence electrons. The van der Waals surface area contributed by atoms with Crippen molar-refractivity contribution in [3.8, 4) is 11.4 Å². The van der Waals surface area contributed by atoms with Crippen LogP contribution in [0.4, 0.5) is 0 Å². The first-order valence-corrected chi connectivity index (χ1v) is 5.97. The third-order valence-corrected chi connectivity index (χ3v) is 2.93. The third kappa shape index (κ3) is 2.12. The SMILES string of the molecule is Cc1nc(-c2ccccc2)ncc1C1OCCO1. The van der Waals surface area contributed by atoms with Crippen LogP contribution in [0.2, 0.25) is 0 Å². The summed E-state index contributed by atoms with van der Waals surface area (Å²) in [6.45, 7) is 3.21. The van der Waals surface area contributed by atoms with Crippen LogP contribution in [0.3, 0.4) is 0 Å². The maximum absolute atomic E-state index is 5.46. The van der Waals surface area contributed by atoms with Crippen molar-refractivity contribution < 1.29 is 9.47 Å². The van der Waals surface area contributed by atoms with Crippen molar-refractivity contribution in [3.05, 3.63) is 47.8 Å². The third-order valence-electron chi connectivity index (χ3n) is 2.93. The second-order valence-electron chi connectivity index (χ2n) is 4.17. The van der Waals surface area contributed by atoms with Crippen LogP contribution in [0, 0.1) is 6.92 Å². The summed E-state index contributed by atoms with van der Waals surface area (Å²) in [5, 5.41) is 0. The molecule has 0 unspecified atom stereocenters. The number of hydrogen-bond donors (Lipinski definition) is 0. The Morgan fingerprint density at radius 3 is 2.50 bits per heavy atom. The van der Waals surface area contributed by atoms with Crippen LogP contribution in [0.1, 0.15) is 17.5 Å². The van der Waals surface area contributed by atoms with Crippen LogP contribution in [0.15, 0.2) is 36.5 Å². The molecule has 0 aliphatic carbocycles. The van der Waals surface area contributed by atoms with E-state index < -0.39 is 0 Å². The highest BCUT2D eigenvalue weighted by Gasteiger charge is 2.21. The van der Waals surface area contributed by atoms with Gasteiger partial charge in [-0.3, -0.25) is 0 Å². The normalized spacial score (nSPS) is 16.1. The highest BCUT2D eigenvalue weighted by atomic mass is 16.7. The molecule has 2 aromatic rings. The number of hydrogen-bond acceptors (Lipinski definition) is 4. The molecule has 1 aromatic heterocycles. The fraction of sp³-hybridized carbons (Fsp3) is 0.286. The summed E-state index contributed by atoms with van der Waals surface area (Å²) in [5.74, 6) is 0.731. The molecule has 2 heterocycles. The molecule has 0 amide bonds. The Morgan fingerprint density at radius 1 is 1.11 bits per heavy atom. The lowest BCUT2D eigenvalue weighted by molar-refractivity contribution is -0.0450. The molecular weight excluding hydrogens is 228 g/mol. The molecule has 0 spiro atoms. The Labute approximate surface area is 106 Å². The summed E-state index contributed by atoms with van der Waals surface area (Å²) in [5.41, 5.74) is 2.82. The zero-order chi connectivity index (χ0) is 12.4. The average Bonchev–Trinajstić information content (AvgIpc) is 2.93. The van der Waals surface area contributed by atoms with Gasteiger partial charge in [0, 0.05) is 23.0 Å². The van der Waals surface area contributed by atoms with Crippen molar-refractivity contribution in [3.63, 3.8) is 0 Å². The molecule has 1 fully saturated rings. The van der Waals surface area contributed by atoms with Gasteiger partial charge in [-0.1, -0.05) is 30.3 Å². The second kappa shape index (κ2) is 4.84. The van der Waals surface area contributed by atoms with Crippen LogP contribution in [0.25, 0.3) is 11.4 Å². The highest BCUT2D eigenvalue weighted by molar-refractivity contribution is 5.54. The minimum Gasteiger partial charge on any atom is -0.346 e. The largest absolute Gasteiger partial charge is 0.346 e. The first-order chi connectivity index (χ1) is 8.84. The van der Waals surface area contributed by atoms with Gasteiger partial charge in [-0.15, -0.1) is 0 Å². The number of aryl methyl sites for hydroxylation is 1. The standard InChI is InChI=1S/C14H14N2O2/c1-10-12(14-17-7-8-18-14)9-15-13(16-10)11-5-3-2-4-6-11/h2-6,9,14H,7-8H2,1H3. The van der Waals surface area contributed by atoms with Crippen LogP contribution in [-0.2, 0) is 9.47 Å². The van der Waals surface area contributed by atoms with E-state index in [0.29, 0.717) is 13.2 Å². The summed E-state index contributed by atoms with van der Waals surface area (Å²) in [6, 6.07) is 9.93. The Bertz CT molecular complexity index is 537. The van der Waals surface area contributed by atoms with Gasteiger partial charge < -0.3 is 9.47 Å². The molecular formula is C14H14N2O2. The van der Waals surface area contributed by atoms with E-state index in [1.54, 1.807) is 6.20 Å². The molecule has 1 aromatic carbocycles. The maximum Gasteiger partial charge on any atom is 0.187 e. The summed E-state index contributed by atoms with van der Waals surface area (Å²) in [4.78, 5) is 8.90. The number of rotatable bonds is 2. The molecule has 0 bridgehead atoms. The Kier molecular flexibility index (Phi) is 3.04. The molecule has 1 saturated heterocycles. The highest BCUT2D eigenvalue weighted by Crippen LogP contribution is 2.26. The lowest BCUT2D eigenvalue weighted by Crippen LogP contribution is -2.04. The van der Waals surface area contributed by atoms with Gasteiger partial charge >= 0.3 is 0 Å². The Morgan fingerprint density at radius 2 is 1.83 bits per heavy atom. The molecule has 0 N–H and O–H groups in total. The molecule has 18 heavy (non-hydrogen) atoms. The number of benzene rings is 1. The molecule has 0 radical (unpaired) electrons. The topological polar surface area (TPSA) is 44.2 Å². The van der Waals surface area contributed by atoms with E-state index in [2.05, 4.69) is 9.97 Å². The van der Waals surface area contributed by atoms with Gasteiger partial charge in [-0.05, 0) is 6.92 Å². The molecule has 3 rings (SSSR count). The average molecular weight is 242 g/mol. The van der Waals surface area contributed by atoms with Gasteiger partial charge in [0.1, 0.15) is 0 Å². The fourth-order valence-corrected chi connectivity index (χ4v) is 1.97. The van der Waals surface area contributed by atoms with Gasteiger partial charge in [0.25, 0.3) is 0 Å². The fourth-order valence-electron chi connectivity index (χ4n) is 1.97. The maximum atomic E-state index is 5.46. The van der Waals surface area contributed by atoms with E-state index in [4.69, 9.17) is 9.47 Å². The molecule has 4 heteroatoms. The lowest BCUT2D eigenvalue weighted by Gasteiger charge is -2.12. The smallest absolute Gasteiger partial charge is 0.187 e. The van der Waals surface area contributed by atoms with Crippen LogP contribution < -0.4 is 0 Å². The number of ether oxygens (including phenoxy) is 2. The van der Waals surface area contributed by atoms with Gasteiger partial charge in [-0.25, -0.2) is 9.97 Å². The Balaban J connectivity index is 1.94. The van der Waals surface area contributed by atoms with E-state index >= 15 is 0 Å². The predicted octanol–water partition coefficient (Wildman–Crippen LogP) is 2.50. The molecule has 1 aliphatic heterocycles. The summed E-state index contributed by atoms with van der Waals surface area (Å²) in [7, 11) is 0. The lowest BCUT2D eigenvalue weighted by atomic mass is 10.2. The minimum absolute atomic E-state index is 0.310. The number of nitrogens with zero attached hydrogens (tertiary/aromatic N) is 2. The van der Waals surface area contributed by atoms with Crippen LogP contribution in [0.5, 0.6) is 0 Å².